The summed E-state index contributed by atoms with van der Waals surface area (Å²) >= 11 is 0. The predicted octanol–water partition coefficient (Wildman–Crippen LogP) is 4.12. The monoisotopic (exact) mass is 531 g/mol. The lowest BCUT2D eigenvalue weighted by atomic mass is 10.0. The van der Waals surface area contributed by atoms with Crippen molar-refractivity contribution in [3.05, 3.63) is 142 Å². The first-order valence-corrected chi connectivity index (χ1v) is 12.5. The minimum absolute atomic E-state index is 0.179. The largest absolute Gasteiger partial charge is 0.488 e. The van der Waals surface area contributed by atoms with E-state index in [1.807, 2.05) is 54.6 Å². The lowest BCUT2D eigenvalue weighted by molar-refractivity contribution is -0.123. The lowest BCUT2D eigenvalue weighted by Gasteiger charge is -2.18. The molecule has 2 amide bonds. The highest BCUT2D eigenvalue weighted by Gasteiger charge is 2.27. The van der Waals surface area contributed by atoms with E-state index >= 15 is 0 Å². The van der Waals surface area contributed by atoms with Crippen LogP contribution in [0.25, 0.3) is 10.8 Å². The summed E-state index contributed by atoms with van der Waals surface area (Å²) in [5, 5.41) is 14.2. The molecule has 4 aromatic carbocycles. The number of nitrogens with zero attached hydrogens (tertiary/aromatic N) is 2. The molecule has 3 N–H and O–H groups in total. The first-order valence-electron chi connectivity index (χ1n) is 12.5. The molecular weight excluding hydrogens is 506 g/mol. The van der Waals surface area contributed by atoms with Gasteiger partial charge in [-0.05, 0) is 35.9 Å². The van der Waals surface area contributed by atoms with Gasteiger partial charge in [-0.2, -0.15) is 10.2 Å². The van der Waals surface area contributed by atoms with Gasteiger partial charge in [-0.3, -0.25) is 14.4 Å². The zero-order valence-corrected chi connectivity index (χ0v) is 21.3. The Labute approximate surface area is 229 Å². The van der Waals surface area contributed by atoms with Gasteiger partial charge in [-0.25, -0.2) is 10.5 Å². The Kier molecular flexibility index (Phi) is 8.02. The average Bonchev–Trinajstić information content (AvgIpc) is 3.01. The number of carbonyl (C=O) groups is 2. The van der Waals surface area contributed by atoms with Crippen molar-refractivity contribution in [3.8, 4) is 5.75 Å². The molecule has 9 nitrogen and oxygen atoms in total. The van der Waals surface area contributed by atoms with Gasteiger partial charge in [-0.15, -0.1) is 0 Å². The molecule has 0 saturated heterocycles. The Morgan fingerprint density at radius 1 is 0.850 bits per heavy atom. The van der Waals surface area contributed by atoms with Crippen molar-refractivity contribution < 1.29 is 14.3 Å². The molecule has 0 radical (unpaired) electrons. The average molecular weight is 532 g/mol. The maximum Gasteiger partial charge on any atom is 0.272 e. The number of amides is 2. The summed E-state index contributed by atoms with van der Waals surface area (Å²) in [7, 11) is 0. The minimum Gasteiger partial charge on any atom is -0.488 e. The molecule has 0 aliphatic carbocycles. The summed E-state index contributed by atoms with van der Waals surface area (Å²) in [6, 6.07) is 31.0. The molecule has 1 heterocycles. The maximum atomic E-state index is 13.4. The summed E-state index contributed by atoms with van der Waals surface area (Å²) in [6.45, 7) is 0.372. The molecule has 5 rings (SSSR count). The van der Waals surface area contributed by atoms with Gasteiger partial charge in [0.2, 0.25) is 0 Å². The molecule has 0 saturated carbocycles. The second-order valence-corrected chi connectivity index (χ2v) is 8.80. The summed E-state index contributed by atoms with van der Waals surface area (Å²) < 4.78 is 5.95. The van der Waals surface area contributed by atoms with Gasteiger partial charge in [0.1, 0.15) is 18.1 Å². The number of fused-ring (bicyclic) bond motifs is 1. The molecule has 1 unspecified atom stereocenters. The zero-order chi connectivity index (χ0) is 27.7. The van der Waals surface area contributed by atoms with Crippen molar-refractivity contribution in [2.24, 2.45) is 5.10 Å². The predicted molar refractivity (Wildman–Crippen MR) is 152 cm³/mol. The zero-order valence-electron chi connectivity index (χ0n) is 21.3. The number of hydrazone groups is 1. The Balaban J connectivity index is 1.39. The van der Waals surface area contributed by atoms with E-state index in [2.05, 4.69) is 26.0 Å². The van der Waals surface area contributed by atoms with E-state index < -0.39 is 23.4 Å². The lowest BCUT2D eigenvalue weighted by Crippen LogP contribution is -2.40. The van der Waals surface area contributed by atoms with Crippen LogP contribution in [0.15, 0.2) is 119 Å². The third-order valence-corrected chi connectivity index (χ3v) is 6.11. The van der Waals surface area contributed by atoms with E-state index in [0.29, 0.717) is 34.3 Å². The van der Waals surface area contributed by atoms with Crippen molar-refractivity contribution in [2.75, 3.05) is 0 Å². The highest BCUT2D eigenvalue weighted by atomic mass is 16.5. The topological polar surface area (TPSA) is 126 Å². The van der Waals surface area contributed by atoms with Crippen LogP contribution in [0.3, 0.4) is 0 Å². The maximum absolute atomic E-state index is 13.4. The fraction of sp³-hybridized carbons (Fsp3) is 0.0645. The number of aromatic nitrogens is 2. The molecule has 1 atom stereocenters. The van der Waals surface area contributed by atoms with E-state index in [9.17, 15) is 14.4 Å². The normalized spacial score (nSPS) is 11.7. The SMILES string of the molecule is O=C(NC(C(=O)N/N=C/c1ccccc1OCc1ccccc1)c1n[nH]c(=O)c2ccccc12)c1ccccc1. The molecule has 1 aromatic heterocycles. The molecule has 0 aliphatic heterocycles. The van der Waals surface area contributed by atoms with Gasteiger partial charge < -0.3 is 10.1 Å². The molecule has 0 fully saturated rings. The first kappa shape index (κ1) is 26.1. The summed E-state index contributed by atoms with van der Waals surface area (Å²) in [5.41, 5.74) is 4.30. The second-order valence-electron chi connectivity index (χ2n) is 8.80. The number of nitrogens with one attached hydrogen (secondary N) is 3. The van der Waals surface area contributed by atoms with Crippen LogP contribution < -0.4 is 21.0 Å². The van der Waals surface area contributed by atoms with E-state index in [0.717, 1.165) is 5.56 Å². The number of benzene rings is 4. The van der Waals surface area contributed by atoms with Crippen LogP contribution in [-0.4, -0.2) is 28.2 Å². The van der Waals surface area contributed by atoms with Gasteiger partial charge >= 0.3 is 0 Å². The molecular formula is C31H25N5O4. The number of H-pyrrole nitrogens is 1. The fourth-order valence-electron chi connectivity index (χ4n) is 4.10. The Hall–Kier alpha value is -5.57. The van der Waals surface area contributed by atoms with Crippen LogP contribution in [0.5, 0.6) is 5.75 Å². The van der Waals surface area contributed by atoms with Crippen LogP contribution in [0.4, 0.5) is 0 Å². The quantitative estimate of drug-likeness (QED) is 0.195. The summed E-state index contributed by atoms with van der Waals surface area (Å²) in [5.74, 6) is -0.541. The summed E-state index contributed by atoms with van der Waals surface area (Å²) in [4.78, 5) is 38.8. The Bertz CT molecular complexity index is 1720. The van der Waals surface area contributed by atoms with Gasteiger partial charge in [0.25, 0.3) is 17.4 Å². The Morgan fingerprint density at radius 3 is 2.27 bits per heavy atom. The molecule has 0 bridgehead atoms. The van der Waals surface area contributed by atoms with Crippen molar-refractivity contribution in [1.82, 2.24) is 20.9 Å². The van der Waals surface area contributed by atoms with Crippen molar-refractivity contribution >= 4 is 28.8 Å². The Morgan fingerprint density at radius 2 is 1.50 bits per heavy atom. The molecule has 40 heavy (non-hydrogen) atoms. The molecule has 0 spiro atoms. The summed E-state index contributed by atoms with van der Waals surface area (Å²) in [6.07, 6.45) is 1.46. The highest BCUT2D eigenvalue weighted by molar-refractivity contribution is 5.99. The van der Waals surface area contributed by atoms with Crippen molar-refractivity contribution in [1.29, 1.82) is 0 Å². The standard InChI is InChI=1S/C31H25N5O4/c37-29(22-13-5-2-6-14-22)33-28(27-24-16-8-9-17-25(24)30(38)36-34-27)31(39)35-32-19-23-15-7-10-18-26(23)40-20-21-11-3-1-4-12-21/h1-19,28H,20H2,(H,33,37)(H,35,39)(H,36,38)/b32-19+. The third-order valence-electron chi connectivity index (χ3n) is 6.11. The van der Waals surface area contributed by atoms with E-state index in [1.54, 1.807) is 54.6 Å². The molecule has 9 heteroatoms. The van der Waals surface area contributed by atoms with Gasteiger partial charge in [0, 0.05) is 16.5 Å². The number of carbonyl (C=O) groups excluding carboxylic acids is 2. The van der Waals surface area contributed by atoms with E-state index in [1.165, 1.54) is 6.21 Å². The highest BCUT2D eigenvalue weighted by Crippen LogP contribution is 2.21. The number of hydrogen-bond donors (Lipinski definition) is 3. The van der Waals surface area contributed by atoms with Crippen LogP contribution in [-0.2, 0) is 11.4 Å². The molecule has 0 aliphatic rings. The smallest absolute Gasteiger partial charge is 0.272 e. The van der Waals surface area contributed by atoms with E-state index in [-0.39, 0.29) is 5.69 Å². The van der Waals surface area contributed by atoms with E-state index in [4.69, 9.17) is 4.74 Å². The fourth-order valence-corrected chi connectivity index (χ4v) is 4.10. The van der Waals surface area contributed by atoms with Crippen LogP contribution in [0.1, 0.15) is 33.2 Å². The number of rotatable bonds is 9. The number of para-hydroxylation sites is 1. The van der Waals surface area contributed by atoms with Gasteiger partial charge in [0.15, 0.2) is 6.04 Å². The first-order chi connectivity index (χ1) is 19.6. The number of aromatic amines is 1. The van der Waals surface area contributed by atoms with Gasteiger partial charge in [0.05, 0.1) is 11.6 Å². The van der Waals surface area contributed by atoms with Gasteiger partial charge in [-0.1, -0.05) is 78.9 Å². The van der Waals surface area contributed by atoms with Crippen molar-refractivity contribution in [3.63, 3.8) is 0 Å². The number of ether oxygens (including phenoxy) is 1. The van der Waals surface area contributed by atoms with Crippen LogP contribution >= 0.6 is 0 Å². The third kappa shape index (κ3) is 6.11. The number of hydrogen-bond acceptors (Lipinski definition) is 6. The molecule has 5 aromatic rings. The molecule has 198 valence electrons. The second kappa shape index (κ2) is 12.3. The minimum atomic E-state index is -1.25. The van der Waals surface area contributed by atoms with Crippen LogP contribution in [0.2, 0.25) is 0 Å². The van der Waals surface area contributed by atoms with Crippen LogP contribution in [0, 0.1) is 0 Å². The van der Waals surface area contributed by atoms with Crippen molar-refractivity contribution in [2.45, 2.75) is 12.6 Å².